The molecular formula is C17H22N6S. The van der Waals surface area contributed by atoms with Crippen molar-refractivity contribution < 1.29 is 0 Å². The van der Waals surface area contributed by atoms with E-state index in [0.29, 0.717) is 5.92 Å². The van der Waals surface area contributed by atoms with Crippen molar-refractivity contribution in [3.63, 3.8) is 0 Å². The number of aromatic amines is 1. The highest BCUT2D eigenvalue weighted by molar-refractivity contribution is 7.09. The Bertz CT molecular complexity index is 782. The third-order valence-corrected chi connectivity index (χ3v) is 5.46. The minimum atomic E-state index is 0.536. The number of hydrogen-bond donors (Lipinski definition) is 1. The van der Waals surface area contributed by atoms with Crippen LogP contribution < -0.4 is 0 Å². The van der Waals surface area contributed by atoms with Crippen molar-refractivity contribution >= 4 is 11.3 Å². The van der Waals surface area contributed by atoms with Gasteiger partial charge in [0, 0.05) is 36.2 Å². The molecule has 6 nitrogen and oxygen atoms in total. The molecule has 7 heteroatoms. The average molecular weight is 342 g/mol. The fraction of sp³-hybridized carbons (Fsp3) is 0.529. The third-order valence-electron chi connectivity index (χ3n) is 4.64. The van der Waals surface area contributed by atoms with Gasteiger partial charge in [0.05, 0.1) is 23.4 Å². The molecule has 1 aliphatic carbocycles. The lowest BCUT2D eigenvalue weighted by molar-refractivity contribution is 0.565. The van der Waals surface area contributed by atoms with Gasteiger partial charge in [-0.2, -0.15) is 5.10 Å². The summed E-state index contributed by atoms with van der Waals surface area (Å²) in [5.41, 5.74) is 2.22. The van der Waals surface area contributed by atoms with E-state index < -0.39 is 0 Å². The number of hydrogen-bond acceptors (Lipinski definition) is 5. The normalized spacial score (nSPS) is 15.4. The Hall–Kier alpha value is -2.02. The lowest BCUT2D eigenvalue weighted by Crippen LogP contribution is -2.09. The molecule has 3 aromatic heterocycles. The van der Waals surface area contributed by atoms with E-state index in [-0.39, 0.29) is 0 Å². The van der Waals surface area contributed by atoms with Gasteiger partial charge < -0.3 is 4.98 Å². The molecule has 1 aliphatic rings. The van der Waals surface area contributed by atoms with Crippen LogP contribution in [0.1, 0.15) is 59.6 Å². The predicted molar refractivity (Wildman–Crippen MR) is 93.2 cm³/mol. The van der Waals surface area contributed by atoms with Gasteiger partial charge in [-0.25, -0.2) is 19.6 Å². The number of aryl methyl sites for hydroxylation is 3. The van der Waals surface area contributed by atoms with Crippen molar-refractivity contribution in [3.8, 4) is 0 Å². The van der Waals surface area contributed by atoms with Gasteiger partial charge >= 0.3 is 0 Å². The van der Waals surface area contributed by atoms with E-state index >= 15 is 0 Å². The zero-order valence-corrected chi connectivity index (χ0v) is 14.7. The van der Waals surface area contributed by atoms with Gasteiger partial charge in [0.2, 0.25) is 0 Å². The average Bonchev–Trinajstić information content (AvgIpc) is 3.35. The van der Waals surface area contributed by atoms with Gasteiger partial charge in [-0.3, -0.25) is 0 Å². The van der Waals surface area contributed by atoms with E-state index in [1.807, 2.05) is 13.1 Å². The SMILES string of the molecule is Cc1nc(Cc2nc(C3CCCC3)nn2CCc2cnc[nH]2)cs1. The second-order valence-electron chi connectivity index (χ2n) is 6.45. The fourth-order valence-electron chi connectivity index (χ4n) is 3.36. The Morgan fingerprint density at radius 3 is 2.88 bits per heavy atom. The monoisotopic (exact) mass is 342 g/mol. The van der Waals surface area contributed by atoms with Crippen LogP contribution >= 0.6 is 11.3 Å². The van der Waals surface area contributed by atoms with E-state index in [1.54, 1.807) is 17.7 Å². The molecule has 1 N–H and O–H groups in total. The summed E-state index contributed by atoms with van der Waals surface area (Å²) in [6, 6.07) is 0. The first kappa shape index (κ1) is 15.5. The summed E-state index contributed by atoms with van der Waals surface area (Å²) in [5, 5.41) is 8.07. The maximum absolute atomic E-state index is 4.89. The van der Waals surface area contributed by atoms with Crippen LogP contribution in [0.15, 0.2) is 17.9 Å². The first-order chi connectivity index (χ1) is 11.8. The van der Waals surface area contributed by atoms with Crippen molar-refractivity contribution in [1.29, 1.82) is 0 Å². The lowest BCUT2D eigenvalue weighted by Gasteiger charge is -2.04. The molecule has 0 bridgehead atoms. The summed E-state index contributed by atoms with van der Waals surface area (Å²) in [6.45, 7) is 2.86. The van der Waals surface area contributed by atoms with Crippen LogP contribution in [0, 0.1) is 6.92 Å². The molecule has 126 valence electrons. The zero-order chi connectivity index (χ0) is 16.4. The molecule has 0 aromatic carbocycles. The zero-order valence-electron chi connectivity index (χ0n) is 13.9. The largest absolute Gasteiger partial charge is 0.348 e. The Balaban J connectivity index is 1.56. The molecule has 0 aliphatic heterocycles. The molecule has 0 unspecified atom stereocenters. The highest BCUT2D eigenvalue weighted by Gasteiger charge is 2.23. The summed E-state index contributed by atoms with van der Waals surface area (Å²) in [6.07, 6.45) is 10.3. The Labute approximate surface area is 145 Å². The molecule has 3 aromatic rings. The summed E-state index contributed by atoms with van der Waals surface area (Å²) < 4.78 is 2.07. The quantitative estimate of drug-likeness (QED) is 0.746. The number of thiazole rings is 1. The molecule has 0 radical (unpaired) electrons. The van der Waals surface area contributed by atoms with Crippen molar-refractivity contribution in [2.24, 2.45) is 0 Å². The van der Waals surface area contributed by atoms with E-state index in [0.717, 1.165) is 47.4 Å². The van der Waals surface area contributed by atoms with Crippen LogP contribution in [0.3, 0.4) is 0 Å². The van der Waals surface area contributed by atoms with Crippen LogP contribution in [0.2, 0.25) is 0 Å². The number of rotatable bonds is 6. The lowest BCUT2D eigenvalue weighted by atomic mass is 10.1. The number of aromatic nitrogens is 6. The molecule has 3 heterocycles. The molecule has 0 spiro atoms. The van der Waals surface area contributed by atoms with Gasteiger partial charge in [-0.15, -0.1) is 11.3 Å². The molecular weight excluding hydrogens is 320 g/mol. The molecule has 0 saturated heterocycles. The molecule has 1 saturated carbocycles. The molecule has 1 fully saturated rings. The summed E-state index contributed by atoms with van der Waals surface area (Å²) in [7, 11) is 0. The summed E-state index contributed by atoms with van der Waals surface area (Å²) >= 11 is 1.69. The molecule has 0 amide bonds. The Kier molecular flexibility index (Phi) is 4.42. The summed E-state index contributed by atoms with van der Waals surface area (Å²) in [5.74, 6) is 2.59. The van der Waals surface area contributed by atoms with Gasteiger partial charge in [-0.1, -0.05) is 12.8 Å². The number of nitrogens with one attached hydrogen (secondary N) is 1. The maximum atomic E-state index is 4.89. The van der Waals surface area contributed by atoms with Crippen molar-refractivity contribution in [1.82, 2.24) is 29.7 Å². The van der Waals surface area contributed by atoms with Crippen molar-refractivity contribution in [2.45, 2.75) is 57.9 Å². The smallest absolute Gasteiger partial charge is 0.154 e. The van der Waals surface area contributed by atoms with E-state index in [9.17, 15) is 0 Å². The van der Waals surface area contributed by atoms with Gasteiger partial charge in [0.15, 0.2) is 5.82 Å². The Morgan fingerprint density at radius 2 is 2.17 bits per heavy atom. The minimum Gasteiger partial charge on any atom is -0.348 e. The maximum Gasteiger partial charge on any atom is 0.154 e. The number of nitrogens with zero attached hydrogens (tertiary/aromatic N) is 5. The highest BCUT2D eigenvalue weighted by atomic mass is 32.1. The third kappa shape index (κ3) is 3.40. The highest BCUT2D eigenvalue weighted by Crippen LogP contribution is 2.32. The molecule has 4 rings (SSSR count). The van der Waals surface area contributed by atoms with E-state index in [1.165, 1.54) is 25.7 Å². The van der Waals surface area contributed by atoms with Gasteiger partial charge in [0.1, 0.15) is 5.82 Å². The second kappa shape index (κ2) is 6.84. The van der Waals surface area contributed by atoms with Crippen LogP contribution in [-0.2, 0) is 19.4 Å². The first-order valence-corrected chi connectivity index (χ1v) is 9.48. The van der Waals surface area contributed by atoms with Gasteiger partial charge in [-0.05, 0) is 19.8 Å². The van der Waals surface area contributed by atoms with Crippen LogP contribution in [0.25, 0.3) is 0 Å². The molecule has 0 atom stereocenters. The van der Waals surface area contributed by atoms with Gasteiger partial charge in [0.25, 0.3) is 0 Å². The van der Waals surface area contributed by atoms with Crippen LogP contribution in [0.5, 0.6) is 0 Å². The first-order valence-electron chi connectivity index (χ1n) is 8.60. The standard InChI is InChI=1S/C17H22N6S/c1-12-20-15(10-24-12)8-16-21-17(13-4-2-3-5-13)22-23(16)7-6-14-9-18-11-19-14/h9-11,13H,2-8H2,1H3,(H,18,19). The molecule has 24 heavy (non-hydrogen) atoms. The van der Waals surface area contributed by atoms with E-state index in [4.69, 9.17) is 10.1 Å². The number of H-pyrrole nitrogens is 1. The second-order valence-corrected chi connectivity index (χ2v) is 7.51. The van der Waals surface area contributed by atoms with Crippen LogP contribution in [0.4, 0.5) is 0 Å². The van der Waals surface area contributed by atoms with E-state index in [2.05, 4.69) is 25.0 Å². The van der Waals surface area contributed by atoms with Crippen molar-refractivity contribution in [2.75, 3.05) is 0 Å². The summed E-state index contributed by atoms with van der Waals surface area (Å²) in [4.78, 5) is 16.7. The number of imidazole rings is 1. The fourth-order valence-corrected chi connectivity index (χ4v) is 3.97. The minimum absolute atomic E-state index is 0.536. The Morgan fingerprint density at radius 1 is 1.29 bits per heavy atom. The topological polar surface area (TPSA) is 72.3 Å². The van der Waals surface area contributed by atoms with Crippen molar-refractivity contribution in [3.05, 3.63) is 45.9 Å². The predicted octanol–water partition coefficient (Wildman–Crippen LogP) is 3.26. The van der Waals surface area contributed by atoms with Crippen LogP contribution in [-0.4, -0.2) is 29.7 Å².